The zero-order valence-electron chi connectivity index (χ0n) is 9.32. The first-order valence-corrected chi connectivity index (χ1v) is 5.40. The summed E-state index contributed by atoms with van der Waals surface area (Å²) in [6.45, 7) is 0. The fourth-order valence-corrected chi connectivity index (χ4v) is 1.88. The third-order valence-corrected chi connectivity index (χ3v) is 2.66. The van der Waals surface area contributed by atoms with Gasteiger partial charge in [0.05, 0.1) is 5.52 Å². The van der Waals surface area contributed by atoms with E-state index in [1.54, 1.807) is 35.1 Å². The lowest BCUT2D eigenvalue weighted by Gasteiger charge is -2.00. The van der Waals surface area contributed by atoms with Crippen LogP contribution in [0.1, 0.15) is 10.5 Å². The smallest absolute Gasteiger partial charge is 0.357 e. The van der Waals surface area contributed by atoms with Crippen LogP contribution >= 0.6 is 0 Å². The molecule has 5 heteroatoms. The molecule has 0 aliphatic carbocycles. The van der Waals surface area contributed by atoms with Gasteiger partial charge in [0.1, 0.15) is 0 Å². The predicted molar refractivity (Wildman–Crippen MR) is 65.8 cm³/mol. The molecule has 2 aromatic heterocycles. The Bertz CT molecular complexity index is 719. The highest BCUT2D eigenvalue weighted by molar-refractivity contribution is 6.01. The molecule has 0 spiro atoms. The van der Waals surface area contributed by atoms with Crippen LogP contribution in [-0.2, 0) is 0 Å². The summed E-state index contributed by atoms with van der Waals surface area (Å²) in [5.74, 6) is -0.443. The first-order valence-electron chi connectivity index (χ1n) is 5.40. The van der Waals surface area contributed by atoms with Gasteiger partial charge in [0, 0.05) is 11.6 Å². The van der Waals surface area contributed by atoms with E-state index < -0.39 is 5.97 Å². The van der Waals surface area contributed by atoms with Gasteiger partial charge in [-0.05, 0) is 18.2 Å². The average Bonchev–Trinajstić information content (AvgIpc) is 2.79. The van der Waals surface area contributed by atoms with Crippen molar-refractivity contribution in [3.8, 4) is 5.82 Å². The molecule has 18 heavy (non-hydrogen) atoms. The average molecular weight is 239 g/mol. The molecule has 5 nitrogen and oxygen atoms in total. The second-order valence-electron chi connectivity index (χ2n) is 3.77. The number of carboxylic acid groups (broad SMARTS) is 1. The van der Waals surface area contributed by atoms with Crippen LogP contribution < -0.4 is 0 Å². The van der Waals surface area contributed by atoms with E-state index in [1.165, 1.54) is 0 Å². The zero-order valence-corrected chi connectivity index (χ0v) is 9.32. The molecule has 0 bridgehead atoms. The van der Waals surface area contributed by atoms with Crippen LogP contribution in [0.2, 0.25) is 0 Å². The van der Waals surface area contributed by atoms with Crippen molar-refractivity contribution in [2.24, 2.45) is 0 Å². The number of pyridine rings is 1. The van der Waals surface area contributed by atoms with E-state index in [0.717, 1.165) is 5.52 Å². The van der Waals surface area contributed by atoms with Crippen LogP contribution in [0, 0.1) is 0 Å². The molecule has 3 rings (SSSR count). The minimum atomic E-state index is -1.04. The van der Waals surface area contributed by atoms with Gasteiger partial charge in [0.15, 0.2) is 11.5 Å². The van der Waals surface area contributed by atoms with Crippen molar-refractivity contribution in [3.63, 3.8) is 0 Å². The van der Waals surface area contributed by atoms with Crippen LogP contribution in [0.15, 0.2) is 48.7 Å². The van der Waals surface area contributed by atoms with Crippen molar-refractivity contribution in [1.29, 1.82) is 0 Å². The highest BCUT2D eigenvalue weighted by Gasteiger charge is 2.16. The molecule has 0 atom stereocenters. The number of aromatic nitrogens is 3. The fourth-order valence-electron chi connectivity index (χ4n) is 1.88. The molecule has 0 fully saturated rings. The molecule has 0 amide bonds. The summed E-state index contributed by atoms with van der Waals surface area (Å²) in [6.07, 6.45) is 1.65. The topological polar surface area (TPSA) is 68.0 Å². The number of carboxylic acids is 1. The summed E-state index contributed by atoms with van der Waals surface area (Å²) in [7, 11) is 0. The molecule has 0 unspecified atom stereocenters. The van der Waals surface area contributed by atoms with Crippen molar-refractivity contribution < 1.29 is 9.90 Å². The van der Waals surface area contributed by atoms with E-state index in [2.05, 4.69) is 10.1 Å². The van der Waals surface area contributed by atoms with Crippen molar-refractivity contribution >= 4 is 16.9 Å². The van der Waals surface area contributed by atoms with Crippen molar-refractivity contribution in [2.45, 2.75) is 0 Å². The number of hydrogen-bond donors (Lipinski definition) is 1. The van der Waals surface area contributed by atoms with E-state index >= 15 is 0 Å². The molecule has 0 aliphatic rings. The molecular weight excluding hydrogens is 230 g/mol. The third-order valence-electron chi connectivity index (χ3n) is 2.66. The number of rotatable bonds is 2. The molecule has 1 N–H and O–H groups in total. The Hall–Kier alpha value is -2.69. The quantitative estimate of drug-likeness (QED) is 0.743. The van der Waals surface area contributed by atoms with Crippen LogP contribution in [0.4, 0.5) is 0 Å². The summed E-state index contributed by atoms with van der Waals surface area (Å²) in [4.78, 5) is 15.3. The Labute approximate surface area is 102 Å². The first-order chi connectivity index (χ1) is 8.77. The van der Waals surface area contributed by atoms with Crippen molar-refractivity contribution in [2.75, 3.05) is 0 Å². The lowest BCUT2D eigenvalue weighted by molar-refractivity contribution is 0.0692. The highest BCUT2D eigenvalue weighted by atomic mass is 16.4. The van der Waals surface area contributed by atoms with Gasteiger partial charge in [-0.25, -0.2) is 14.5 Å². The number of hydrogen-bond acceptors (Lipinski definition) is 3. The number of nitrogens with zero attached hydrogens (tertiary/aromatic N) is 3. The maximum Gasteiger partial charge on any atom is 0.357 e. The minimum absolute atomic E-state index is 0.0382. The maximum atomic E-state index is 11.2. The molecule has 0 saturated heterocycles. The Morgan fingerprint density at radius 2 is 1.89 bits per heavy atom. The second kappa shape index (κ2) is 3.96. The molecule has 0 aliphatic heterocycles. The number of para-hydroxylation sites is 1. The van der Waals surface area contributed by atoms with Crippen molar-refractivity contribution in [3.05, 3.63) is 54.4 Å². The number of aromatic carboxylic acids is 1. The van der Waals surface area contributed by atoms with Gasteiger partial charge in [0.2, 0.25) is 0 Å². The van der Waals surface area contributed by atoms with Crippen LogP contribution in [0.5, 0.6) is 0 Å². The molecule has 0 saturated carbocycles. The fraction of sp³-hybridized carbons (Fsp3) is 0. The van der Waals surface area contributed by atoms with Gasteiger partial charge in [0.25, 0.3) is 0 Å². The van der Waals surface area contributed by atoms with Gasteiger partial charge in [-0.2, -0.15) is 5.10 Å². The van der Waals surface area contributed by atoms with E-state index in [9.17, 15) is 4.79 Å². The Balaban J connectivity index is 2.34. The highest BCUT2D eigenvalue weighted by Crippen LogP contribution is 2.20. The first kappa shape index (κ1) is 10.5. The zero-order chi connectivity index (χ0) is 12.5. The molecular formula is C13H9N3O2. The standard InChI is InChI=1S/C13H9N3O2/c17-13(18)12-9-5-1-2-6-10(9)16(15-12)11-7-3-4-8-14-11/h1-8H,(H,17,18). The van der Waals surface area contributed by atoms with Gasteiger partial charge >= 0.3 is 5.97 Å². The summed E-state index contributed by atoms with van der Waals surface area (Å²) in [6, 6.07) is 12.6. The van der Waals surface area contributed by atoms with Gasteiger partial charge in [-0.15, -0.1) is 0 Å². The van der Waals surface area contributed by atoms with Crippen LogP contribution in [-0.4, -0.2) is 25.8 Å². The summed E-state index contributed by atoms with van der Waals surface area (Å²) >= 11 is 0. The maximum absolute atomic E-state index is 11.2. The summed E-state index contributed by atoms with van der Waals surface area (Å²) in [5.41, 5.74) is 0.768. The van der Waals surface area contributed by atoms with E-state index in [-0.39, 0.29) is 5.69 Å². The number of carbonyl (C=O) groups is 1. The largest absolute Gasteiger partial charge is 0.476 e. The van der Waals surface area contributed by atoms with Gasteiger partial charge < -0.3 is 5.11 Å². The second-order valence-corrected chi connectivity index (χ2v) is 3.77. The van der Waals surface area contributed by atoms with Gasteiger partial charge in [-0.1, -0.05) is 24.3 Å². The molecule has 0 radical (unpaired) electrons. The molecule has 88 valence electrons. The Kier molecular flexibility index (Phi) is 2.30. The van der Waals surface area contributed by atoms with Crippen LogP contribution in [0.3, 0.4) is 0 Å². The van der Waals surface area contributed by atoms with Crippen LogP contribution in [0.25, 0.3) is 16.7 Å². The molecule has 3 aromatic rings. The van der Waals surface area contributed by atoms with Gasteiger partial charge in [-0.3, -0.25) is 0 Å². The number of fused-ring (bicyclic) bond motifs is 1. The lowest BCUT2D eigenvalue weighted by atomic mass is 10.2. The summed E-state index contributed by atoms with van der Waals surface area (Å²) in [5, 5.41) is 13.9. The molecule has 2 heterocycles. The monoisotopic (exact) mass is 239 g/mol. The number of benzene rings is 1. The van der Waals surface area contributed by atoms with Crippen molar-refractivity contribution in [1.82, 2.24) is 14.8 Å². The predicted octanol–water partition coefficient (Wildman–Crippen LogP) is 2.12. The minimum Gasteiger partial charge on any atom is -0.476 e. The van der Waals surface area contributed by atoms with E-state index in [1.807, 2.05) is 18.2 Å². The third kappa shape index (κ3) is 1.53. The lowest BCUT2D eigenvalue weighted by Crippen LogP contribution is -2.02. The van der Waals surface area contributed by atoms with E-state index in [4.69, 9.17) is 5.11 Å². The Morgan fingerprint density at radius 3 is 2.61 bits per heavy atom. The summed E-state index contributed by atoms with van der Waals surface area (Å²) < 4.78 is 1.54. The van der Waals surface area contributed by atoms with E-state index in [0.29, 0.717) is 11.2 Å². The Morgan fingerprint density at radius 1 is 1.11 bits per heavy atom. The SMILES string of the molecule is O=C(O)c1nn(-c2ccccn2)c2ccccc12. The molecule has 1 aromatic carbocycles. The normalized spacial score (nSPS) is 10.7.